The number of carbonyl (C=O) groups is 4. The third-order valence-corrected chi connectivity index (χ3v) is 4.19. The lowest BCUT2D eigenvalue weighted by molar-refractivity contribution is -0.162. The van der Waals surface area contributed by atoms with Gasteiger partial charge in [0.2, 0.25) is 0 Å². The zero-order valence-electron chi connectivity index (χ0n) is 16.3. The number of aryl methyl sites for hydroxylation is 2. The van der Waals surface area contributed by atoms with Crippen molar-refractivity contribution in [3.05, 3.63) is 34.9 Å². The second kappa shape index (κ2) is 9.70. The number of ether oxygens (including phenoxy) is 3. The molecule has 1 amide bonds. The van der Waals surface area contributed by atoms with Crippen LogP contribution in [0.4, 0.5) is 0 Å². The molecule has 0 heterocycles. The molecule has 0 aromatic heterocycles. The van der Waals surface area contributed by atoms with Gasteiger partial charge in [-0.25, -0.2) is 4.79 Å². The van der Waals surface area contributed by atoms with Crippen molar-refractivity contribution in [1.29, 1.82) is 0 Å². The Hall–Kier alpha value is -2.90. The summed E-state index contributed by atoms with van der Waals surface area (Å²) in [4.78, 5) is 48.9. The van der Waals surface area contributed by atoms with Gasteiger partial charge in [-0.2, -0.15) is 0 Å². The van der Waals surface area contributed by atoms with Crippen molar-refractivity contribution in [2.24, 2.45) is 11.8 Å². The number of methoxy groups -OCH3 is 3. The molecule has 8 nitrogen and oxygen atoms in total. The molecule has 0 aliphatic heterocycles. The topological polar surface area (TPSA) is 108 Å². The molecular weight excluding hydrogens is 354 g/mol. The Labute approximate surface area is 158 Å². The Morgan fingerprint density at radius 2 is 1.26 bits per heavy atom. The summed E-state index contributed by atoms with van der Waals surface area (Å²) >= 11 is 0. The van der Waals surface area contributed by atoms with Crippen molar-refractivity contribution in [1.82, 2.24) is 5.32 Å². The largest absolute Gasteiger partial charge is 0.468 e. The number of esters is 3. The van der Waals surface area contributed by atoms with Crippen LogP contribution in [0.5, 0.6) is 0 Å². The van der Waals surface area contributed by atoms with Crippen LogP contribution in [-0.2, 0) is 28.6 Å². The summed E-state index contributed by atoms with van der Waals surface area (Å²) in [6.45, 7) is 5.14. The van der Waals surface area contributed by atoms with E-state index < -0.39 is 41.7 Å². The SMILES string of the molecule is COC(=O)C(C(=O)OC)[C@@H](C)[C@@H](NC(=O)c1cc(C)cc(C)c1)C(=O)OC. The fraction of sp³-hybridized carbons (Fsp3) is 0.474. The predicted molar refractivity (Wildman–Crippen MR) is 95.9 cm³/mol. The first-order valence-electron chi connectivity index (χ1n) is 8.28. The molecule has 0 fully saturated rings. The Balaban J connectivity index is 3.20. The third kappa shape index (κ3) is 5.54. The number of carbonyl (C=O) groups excluding carboxylic acids is 4. The lowest BCUT2D eigenvalue weighted by Gasteiger charge is -2.27. The molecule has 1 rings (SSSR count). The number of rotatable bonds is 7. The normalized spacial score (nSPS) is 12.7. The van der Waals surface area contributed by atoms with E-state index in [1.807, 2.05) is 19.9 Å². The van der Waals surface area contributed by atoms with E-state index in [-0.39, 0.29) is 0 Å². The molecule has 0 aliphatic rings. The molecule has 0 saturated heterocycles. The maximum Gasteiger partial charge on any atom is 0.328 e. The molecular formula is C19H25NO7. The summed E-state index contributed by atoms with van der Waals surface area (Å²) in [5.74, 6) is -5.43. The van der Waals surface area contributed by atoms with Gasteiger partial charge in [0, 0.05) is 11.5 Å². The zero-order chi connectivity index (χ0) is 20.7. The second-order valence-electron chi connectivity index (χ2n) is 6.23. The highest BCUT2D eigenvalue weighted by Gasteiger charge is 2.42. The van der Waals surface area contributed by atoms with Gasteiger partial charge in [0.25, 0.3) is 5.91 Å². The van der Waals surface area contributed by atoms with Gasteiger partial charge < -0.3 is 19.5 Å². The standard InChI is InChI=1S/C19H25NO7/c1-10-7-11(2)9-13(8-10)16(21)20-15(19(24)27-6)12(3)14(17(22)25-4)18(23)26-5/h7-9,12,14-15H,1-6H3,(H,20,21)/t12-,15-/m1/s1. The molecule has 27 heavy (non-hydrogen) atoms. The number of amides is 1. The van der Waals surface area contributed by atoms with Gasteiger partial charge in [0.1, 0.15) is 6.04 Å². The second-order valence-corrected chi connectivity index (χ2v) is 6.23. The summed E-state index contributed by atoms with van der Waals surface area (Å²) in [5, 5.41) is 2.55. The summed E-state index contributed by atoms with van der Waals surface area (Å²) < 4.78 is 14.0. The number of hydrogen-bond acceptors (Lipinski definition) is 7. The number of hydrogen-bond donors (Lipinski definition) is 1. The Bertz CT molecular complexity index is 693. The first-order chi connectivity index (χ1) is 12.7. The molecule has 0 aliphatic carbocycles. The van der Waals surface area contributed by atoms with E-state index in [0.29, 0.717) is 5.56 Å². The van der Waals surface area contributed by atoms with Crippen LogP contribution in [0.25, 0.3) is 0 Å². The Kier molecular flexibility index (Phi) is 7.96. The van der Waals surface area contributed by atoms with E-state index in [0.717, 1.165) is 32.5 Å². The fourth-order valence-electron chi connectivity index (χ4n) is 2.83. The summed E-state index contributed by atoms with van der Waals surface area (Å²) in [7, 11) is 3.38. The molecule has 0 bridgehead atoms. The monoisotopic (exact) mass is 379 g/mol. The van der Waals surface area contributed by atoms with Gasteiger partial charge in [0.05, 0.1) is 21.3 Å². The number of nitrogens with one attached hydrogen (secondary N) is 1. The first-order valence-corrected chi connectivity index (χ1v) is 8.28. The Morgan fingerprint density at radius 3 is 1.67 bits per heavy atom. The van der Waals surface area contributed by atoms with Crippen LogP contribution in [0.2, 0.25) is 0 Å². The molecule has 148 valence electrons. The molecule has 0 saturated carbocycles. The molecule has 1 N–H and O–H groups in total. The van der Waals surface area contributed by atoms with Gasteiger partial charge in [-0.05, 0) is 26.0 Å². The van der Waals surface area contributed by atoms with Crippen LogP contribution in [-0.4, -0.2) is 51.2 Å². The minimum atomic E-state index is -1.40. The van der Waals surface area contributed by atoms with Crippen molar-refractivity contribution in [2.75, 3.05) is 21.3 Å². The highest BCUT2D eigenvalue weighted by atomic mass is 16.5. The maximum absolute atomic E-state index is 12.6. The fourth-order valence-corrected chi connectivity index (χ4v) is 2.83. The third-order valence-electron chi connectivity index (χ3n) is 4.19. The van der Waals surface area contributed by atoms with Gasteiger partial charge >= 0.3 is 17.9 Å². The summed E-state index contributed by atoms with van der Waals surface area (Å²) in [5.41, 5.74) is 2.11. The van der Waals surface area contributed by atoms with Gasteiger partial charge in [-0.1, -0.05) is 24.1 Å². The predicted octanol–water partition coefficient (Wildman–Crippen LogP) is 1.17. The van der Waals surface area contributed by atoms with Crippen molar-refractivity contribution in [3.8, 4) is 0 Å². The minimum absolute atomic E-state index is 0.348. The van der Waals surface area contributed by atoms with E-state index in [1.165, 1.54) is 6.92 Å². The van der Waals surface area contributed by atoms with E-state index in [9.17, 15) is 19.2 Å². The van der Waals surface area contributed by atoms with Gasteiger partial charge in [-0.15, -0.1) is 0 Å². The van der Waals surface area contributed by atoms with E-state index in [4.69, 9.17) is 4.74 Å². The van der Waals surface area contributed by atoms with Crippen LogP contribution in [0.15, 0.2) is 18.2 Å². The van der Waals surface area contributed by atoms with Crippen LogP contribution >= 0.6 is 0 Å². The van der Waals surface area contributed by atoms with Gasteiger partial charge in [0.15, 0.2) is 5.92 Å². The minimum Gasteiger partial charge on any atom is -0.468 e. The average molecular weight is 379 g/mol. The average Bonchev–Trinajstić information content (AvgIpc) is 2.63. The van der Waals surface area contributed by atoms with Crippen molar-refractivity contribution >= 4 is 23.8 Å². The summed E-state index contributed by atoms with van der Waals surface area (Å²) in [6.07, 6.45) is 0. The van der Waals surface area contributed by atoms with Crippen LogP contribution in [0.1, 0.15) is 28.4 Å². The molecule has 8 heteroatoms. The van der Waals surface area contributed by atoms with E-state index >= 15 is 0 Å². The van der Waals surface area contributed by atoms with Crippen molar-refractivity contribution in [2.45, 2.75) is 26.8 Å². The van der Waals surface area contributed by atoms with Crippen LogP contribution < -0.4 is 5.32 Å². The lowest BCUT2D eigenvalue weighted by Crippen LogP contribution is -2.51. The van der Waals surface area contributed by atoms with E-state index in [2.05, 4.69) is 14.8 Å². The van der Waals surface area contributed by atoms with E-state index in [1.54, 1.807) is 12.1 Å². The highest BCUT2D eigenvalue weighted by Crippen LogP contribution is 2.21. The summed E-state index contributed by atoms with van der Waals surface area (Å²) in [6, 6.07) is 3.98. The highest BCUT2D eigenvalue weighted by molar-refractivity contribution is 5.99. The molecule has 0 spiro atoms. The maximum atomic E-state index is 12.6. The molecule has 1 aromatic carbocycles. The molecule has 0 unspecified atom stereocenters. The molecule has 1 aromatic rings. The smallest absolute Gasteiger partial charge is 0.328 e. The zero-order valence-corrected chi connectivity index (χ0v) is 16.3. The quantitative estimate of drug-likeness (QED) is 0.430. The van der Waals surface area contributed by atoms with Crippen molar-refractivity contribution < 1.29 is 33.4 Å². The van der Waals surface area contributed by atoms with Gasteiger partial charge in [-0.3, -0.25) is 14.4 Å². The van der Waals surface area contributed by atoms with Crippen LogP contribution in [0, 0.1) is 25.7 Å². The van der Waals surface area contributed by atoms with Crippen molar-refractivity contribution in [3.63, 3.8) is 0 Å². The number of benzene rings is 1. The lowest BCUT2D eigenvalue weighted by atomic mass is 9.87. The van der Waals surface area contributed by atoms with Crippen LogP contribution in [0.3, 0.4) is 0 Å². The molecule has 2 atom stereocenters. The first kappa shape index (κ1) is 22.1. The molecule has 0 radical (unpaired) electrons. The Morgan fingerprint density at radius 1 is 0.815 bits per heavy atom.